The standard InChI is InChI=1S/C18H10N2/c1-2-11-4-5-13-8-16-15(9-19-10-20-16)14-7-6-12(3-1)17(11)18(13)14/h1-10H. The molecule has 0 aliphatic carbocycles. The van der Waals surface area contributed by atoms with Crippen molar-refractivity contribution in [2.45, 2.75) is 0 Å². The van der Waals surface area contributed by atoms with Crippen LogP contribution in [0.25, 0.3) is 43.2 Å². The third-order valence-electron chi connectivity index (χ3n) is 4.13. The largest absolute Gasteiger partial charge is 0.244 e. The highest BCUT2D eigenvalue weighted by Crippen LogP contribution is 2.37. The van der Waals surface area contributed by atoms with Gasteiger partial charge in [0.05, 0.1) is 5.52 Å². The normalized spacial score (nSPS) is 12.0. The Hall–Kier alpha value is -2.74. The van der Waals surface area contributed by atoms with Gasteiger partial charge in [0.25, 0.3) is 0 Å². The van der Waals surface area contributed by atoms with E-state index in [2.05, 4.69) is 58.5 Å². The Morgan fingerprint density at radius 1 is 0.700 bits per heavy atom. The zero-order chi connectivity index (χ0) is 13.1. The predicted molar refractivity (Wildman–Crippen MR) is 83.2 cm³/mol. The summed E-state index contributed by atoms with van der Waals surface area (Å²) in [7, 11) is 0. The van der Waals surface area contributed by atoms with E-state index in [0.717, 1.165) is 10.9 Å². The average Bonchev–Trinajstić information content (AvgIpc) is 2.52. The van der Waals surface area contributed by atoms with Crippen LogP contribution in [0.3, 0.4) is 0 Å². The number of aromatic nitrogens is 2. The van der Waals surface area contributed by atoms with E-state index < -0.39 is 0 Å². The van der Waals surface area contributed by atoms with Gasteiger partial charge in [-0.2, -0.15) is 0 Å². The first-order valence-electron chi connectivity index (χ1n) is 6.68. The van der Waals surface area contributed by atoms with Gasteiger partial charge in [0.1, 0.15) is 6.33 Å². The number of fused-ring (bicyclic) bond motifs is 2. The first-order chi connectivity index (χ1) is 9.92. The Balaban J connectivity index is 2.23. The van der Waals surface area contributed by atoms with Gasteiger partial charge in [-0.3, -0.25) is 0 Å². The molecule has 2 heteroatoms. The Kier molecular flexibility index (Phi) is 1.73. The van der Waals surface area contributed by atoms with Crippen molar-refractivity contribution in [1.29, 1.82) is 0 Å². The lowest BCUT2D eigenvalue weighted by Gasteiger charge is -2.12. The van der Waals surface area contributed by atoms with Gasteiger partial charge in [0.2, 0.25) is 0 Å². The molecule has 1 heterocycles. The van der Waals surface area contributed by atoms with Crippen molar-refractivity contribution in [1.82, 2.24) is 9.97 Å². The Morgan fingerprint density at radius 3 is 2.40 bits per heavy atom. The smallest absolute Gasteiger partial charge is 0.116 e. The molecule has 0 bridgehead atoms. The van der Waals surface area contributed by atoms with Crippen molar-refractivity contribution < 1.29 is 0 Å². The molecule has 92 valence electrons. The summed E-state index contributed by atoms with van der Waals surface area (Å²) in [6.45, 7) is 0. The van der Waals surface area contributed by atoms with Crippen LogP contribution in [0.2, 0.25) is 0 Å². The molecule has 0 unspecified atom stereocenters. The maximum atomic E-state index is 4.40. The number of nitrogens with zero attached hydrogens (tertiary/aromatic N) is 2. The fraction of sp³-hybridized carbons (Fsp3) is 0. The number of hydrogen-bond donors (Lipinski definition) is 0. The van der Waals surface area contributed by atoms with Gasteiger partial charge in [0.15, 0.2) is 0 Å². The summed E-state index contributed by atoms with van der Waals surface area (Å²) in [5.41, 5.74) is 1.01. The highest BCUT2D eigenvalue weighted by Gasteiger charge is 2.10. The molecule has 0 amide bonds. The second-order valence-corrected chi connectivity index (χ2v) is 5.19. The van der Waals surface area contributed by atoms with E-state index in [9.17, 15) is 0 Å². The van der Waals surface area contributed by atoms with Gasteiger partial charge in [-0.1, -0.05) is 42.5 Å². The van der Waals surface area contributed by atoms with Crippen LogP contribution < -0.4 is 0 Å². The number of benzene rings is 4. The molecule has 0 spiro atoms. The van der Waals surface area contributed by atoms with Crippen LogP contribution in [0, 0.1) is 0 Å². The van der Waals surface area contributed by atoms with Gasteiger partial charge in [0, 0.05) is 11.6 Å². The van der Waals surface area contributed by atoms with Crippen LogP contribution in [0.5, 0.6) is 0 Å². The van der Waals surface area contributed by atoms with Crippen LogP contribution >= 0.6 is 0 Å². The van der Waals surface area contributed by atoms with E-state index in [1.165, 1.54) is 32.3 Å². The highest BCUT2D eigenvalue weighted by atomic mass is 14.8. The van der Waals surface area contributed by atoms with Crippen molar-refractivity contribution in [2.24, 2.45) is 0 Å². The van der Waals surface area contributed by atoms with Crippen molar-refractivity contribution in [3.8, 4) is 0 Å². The summed E-state index contributed by atoms with van der Waals surface area (Å²) in [6.07, 6.45) is 3.52. The average molecular weight is 254 g/mol. The Labute approximate surface area is 115 Å². The molecule has 0 saturated carbocycles. The molecule has 20 heavy (non-hydrogen) atoms. The van der Waals surface area contributed by atoms with E-state index in [4.69, 9.17) is 0 Å². The fourth-order valence-electron chi connectivity index (χ4n) is 3.26. The summed E-state index contributed by atoms with van der Waals surface area (Å²) >= 11 is 0. The molecule has 0 atom stereocenters. The van der Waals surface area contributed by atoms with Gasteiger partial charge in [-0.15, -0.1) is 0 Å². The molecule has 0 N–H and O–H groups in total. The van der Waals surface area contributed by atoms with Crippen LogP contribution in [0.4, 0.5) is 0 Å². The molecule has 1 aromatic heterocycles. The molecule has 0 fully saturated rings. The first-order valence-corrected chi connectivity index (χ1v) is 6.68. The van der Waals surface area contributed by atoms with Crippen molar-refractivity contribution in [2.75, 3.05) is 0 Å². The maximum Gasteiger partial charge on any atom is 0.116 e. The lowest BCUT2D eigenvalue weighted by atomic mass is 9.93. The summed E-state index contributed by atoms with van der Waals surface area (Å²) in [6, 6.07) is 17.4. The molecule has 5 aromatic rings. The van der Waals surface area contributed by atoms with E-state index in [1.54, 1.807) is 6.33 Å². The molecule has 2 nitrogen and oxygen atoms in total. The summed E-state index contributed by atoms with van der Waals surface area (Å²) in [5.74, 6) is 0. The monoisotopic (exact) mass is 254 g/mol. The molecule has 0 aliphatic heterocycles. The number of rotatable bonds is 0. The van der Waals surface area contributed by atoms with Crippen LogP contribution in [-0.2, 0) is 0 Å². The van der Waals surface area contributed by atoms with E-state index in [0.29, 0.717) is 0 Å². The van der Waals surface area contributed by atoms with Crippen molar-refractivity contribution >= 4 is 43.2 Å². The summed E-state index contributed by atoms with van der Waals surface area (Å²) in [5, 5.41) is 8.85. The van der Waals surface area contributed by atoms with E-state index in [1.807, 2.05) is 6.20 Å². The zero-order valence-electron chi connectivity index (χ0n) is 10.7. The molecule has 5 rings (SSSR count). The third-order valence-corrected chi connectivity index (χ3v) is 4.13. The van der Waals surface area contributed by atoms with Crippen LogP contribution in [0.1, 0.15) is 0 Å². The highest BCUT2D eigenvalue weighted by molar-refractivity contribution is 6.28. The SMILES string of the molecule is c1cc2ccc3cc4ncncc4c4ccc(c1)c2c34. The van der Waals surface area contributed by atoms with Gasteiger partial charge >= 0.3 is 0 Å². The van der Waals surface area contributed by atoms with Crippen LogP contribution in [0.15, 0.2) is 61.1 Å². The molecule has 0 radical (unpaired) electrons. The first kappa shape index (κ1) is 10.1. The third kappa shape index (κ3) is 1.14. The summed E-state index contributed by atoms with van der Waals surface area (Å²) < 4.78 is 0. The second-order valence-electron chi connectivity index (χ2n) is 5.19. The topological polar surface area (TPSA) is 25.8 Å². The van der Waals surface area contributed by atoms with Crippen LogP contribution in [-0.4, -0.2) is 9.97 Å². The second kappa shape index (κ2) is 3.42. The predicted octanol–water partition coefficient (Wildman–Crippen LogP) is 4.53. The molecule has 0 saturated heterocycles. The van der Waals surface area contributed by atoms with E-state index >= 15 is 0 Å². The maximum absolute atomic E-state index is 4.40. The van der Waals surface area contributed by atoms with E-state index in [-0.39, 0.29) is 0 Å². The quantitative estimate of drug-likeness (QED) is 0.300. The van der Waals surface area contributed by atoms with Gasteiger partial charge in [-0.25, -0.2) is 9.97 Å². The fourth-order valence-corrected chi connectivity index (χ4v) is 3.26. The summed E-state index contributed by atoms with van der Waals surface area (Å²) in [4.78, 5) is 8.58. The minimum atomic E-state index is 1.01. The van der Waals surface area contributed by atoms with Crippen molar-refractivity contribution in [3.05, 3.63) is 61.1 Å². The molecule has 4 aromatic carbocycles. The Morgan fingerprint density at radius 2 is 1.50 bits per heavy atom. The van der Waals surface area contributed by atoms with Gasteiger partial charge < -0.3 is 0 Å². The lowest BCUT2D eigenvalue weighted by molar-refractivity contribution is 1.23. The van der Waals surface area contributed by atoms with Crippen molar-refractivity contribution in [3.63, 3.8) is 0 Å². The lowest BCUT2D eigenvalue weighted by Crippen LogP contribution is -1.87. The Bertz CT molecular complexity index is 1080. The minimum Gasteiger partial charge on any atom is -0.244 e. The molecule has 0 aliphatic rings. The molecular formula is C18H10N2. The van der Waals surface area contributed by atoms with Gasteiger partial charge in [-0.05, 0) is 38.4 Å². The minimum absolute atomic E-state index is 1.01. The molecular weight excluding hydrogens is 244 g/mol. The zero-order valence-corrected chi connectivity index (χ0v) is 10.7. The number of hydrogen-bond acceptors (Lipinski definition) is 2.